The molecular weight excluding hydrogens is 472 g/mol. The monoisotopic (exact) mass is 496 g/mol. The van der Waals surface area contributed by atoms with Crippen LogP contribution in [0, 0.1) is 0 Å². The maximum absolute atomic E-state index is 12.5. The highest BCUT2D eigenvalue weighted by atomic mass is 32.1. The van der Waals surface area contributed by atoms with Gasteiger partial charge < -0.3 is 24.1 Å². The Balaban J connectivity index is 3.52. The minimum atomic E-state index is -1.57. The summed E-state index contributed by atoms with van der Waals surface area (Å²) in [5.74, 6) is -1.43. The van der Waals surface area contributed by atoms with Crippen LogP contribution in [0.15, 0.2) is 12.1 Å². The lowest BCUT2D eigenvalue weighted by molar-refractivity contribution is -0.0974. The average molecular weight is 497 g/mol. The van der Waals surface area contributed by atoms with Crippen LogP contribution in [-0.2, 0) is 18.9 Å². The standard InChI is InChI=1S/C18H24O8S4/c19-15(23-1-5-27)11-9-13(17(21)25-3-7-29)14(18(22)26-4-8-30)10-12(11)16(20)24-2-6-28/h9-10,15,19,27-30H,1-8H2. The molecule has 0 saturated heterocycles. The molecule has 0 radical (unpaired) electrons. The van der Waals surface area contributed by atoms with Crippen LogP contribution in [-0.4, -0.2) is 72.5 Å². The number of hydrogen-bond acceptors (Lipinski definition) is 12. The van der Waals surface area contributed by atoms with Crippen LogP contribution >= 0.6 is 50.5 Å². The van der Waals surface area contributed by atoms with Crippen molar-refractivity contribution >= 4 is 68.4 Å². The third-order valence-electron chi connectivity index (χ3n) is 3.46. The minimum Gasteiger partial charge on any atom is -0.461 e. The molecule has 1 atom stereocenters. The highest BCUT2D eigenvalue weighted by Crippen LogP contribution is 2.26. The van der Waals surface area contributed by atoms with Gasteiger partial charge in [0, 0.05) is 28.6 Å². The molecule has 1 N–H and O–H groups in total. The molecule has 0 bridgehead atoms. The lowest BCUT2D eigenvalue weighted by atomic mass is 9.97. The first-order valence-electron chi connectivity index (χ1n) is 8.83. The highest BCUT2D eigenvalue weighted by Gasteiger charge is 2.28. The number of hydrogen-bond donors (Lipinski definition) is 5. The van der Waals surface area contributed by atoms with Gasteiger partial charge in [0.1, 0.15) is 19.8 Å². The Labute approximate surface area is 196 Å². The lowest BCUT2D eigenvalue weighted by Crippen LogP contribution is -2.21. The van der Waals surface area contributed by atoms with Crippen molar-refractivity contribution in [3.63, 3.8) is 0 Å². The summed E-state index contributed by atoms with van der Waals surface area (Å²) in [6.07, 6.45) is -1.57. The lowest BCUT2D eigenvalue weighted by Gasteiger charge is -2.18. The van der Waals surface area contributed by atoms with Crippen LogP contribution < -0.4 is 0 Å². The molecule has 0 fully saturated rings. The van der Waals surface area contributed by atoms with Gasteiger partial charge in [-0.25, -0.2) is 14.4 Å². The van der Waals surface area contributed by atoms with Gasteiger partial charge in [-0.2, -0.15) is 50.5 Å². The topological polar surface area (TPSA) is 108 Å². The molecule has 0 saturated carbocycles. The summed E-state index contributed by atoms with van der Waals surface area (Å²) in [5.41, 5.74) is -0.643. The number of aliphatic hydroxyl groups excluding tert-OH is 1. The van der Waals surface area contributed by atoms with Gasteiger partial charge in [0.15, 0.2) is 6.29 Å². The fourth-order valence-corrected chi connectivity index (χ4v) is 2.62. The molecule has 1 rings (SSSR count). The molecular formula is C18H24O8S4. The minimum absolute atomic E-state index is 0.000146. The Morgan fingerprint density at radius 2 is 1.10 bits per heavy atom. The molecule has 0 aliphatic carbocycles. The number of carbonyl (C=O) groups excluding carboxylic acids is 3. The molecule has 168 valence electrons. The number of benzene rings is 1. The van der Waals surface area contributed by atoms with Crippen LogP contribution in [0.5, 0.6) is 0 Å². The van der Waals surface area contributed by atoms with E-state index in [2.05, 4.69) is 50.5 Å². The summed E-state index contributed by atoms with van der Waals surface area (Å²) in [7, 11) is 0. The molecule has 12 heteroatoms. The summed E-state index contributed by atoms with van der Waals surface area (Å²) >= 11 is 15.9. The molecule has 1 aromatic carbocycles. The summed E-state index contributed by atoms with van der Waals surface area (Å²) in [5, 5.41) is 10.4. The largest absolute Gasteiger partial charge is 0.461 e. The average Bonchev–Trinajstić information content (AvgIpc) is 2.76. The van der Waals surface area contributed by atoms with E-state index in [9.17, 15) is 19.5 Å². The number of ether oxygens (including phenoxy) is 4. The fourth-order valence-electron chi connectivity index (χ4n) is 2.24. The first-order chi connectivity index (χ1) is 14.4. The second kappa shape index (κ2) is 14.9. The SMILES string of the molecule is O=C(OCCS)c1cc(C(=O)OCCS)c(C(O)OCCS)cc1C(=O)OCCS. The van der Waals surface area contributed by atoms with Crippen molar-refractivity contribution in [2.45, 2.75) is 6.29 Å². The van der Waals surface area contributed by atoms with Gasteiger partial charge in [-0.1, -0.05) is 0 Å². The van der Waals surface area contributed by atoms with Gasteiger partial charge in [0.25, 0.3) is 0 Å². The van der Waals surface area contributed by atoms with E-state index < -0.39 is 24.2 Å². The second-order valence-corrected chi connectivity index (χ2v) is 7.30. The molecule has 0 heterocycles. The number of aliphatic hydroxyl groups is 1. The fraction of sp³-hybridized carbons (Fsp3) is 0.500. The first-order valence-corrected chi connectivity index (χ1v) is 11.4. The van der Waals surface area contributed by atoms with E-state index in [1.54, 1.807) is 0 Å². The molecule has 1 unspecified atom stereocenters. The molecule has 0 aromatic heterocycles. The van der Waals surface area contributed by atoms with E-state index in [-0.39, 0.29) is 65.9 Å². The van der Waals surface area contributed by atoms with Gasteiger partial charge in [-0.05, 0) is 12.1 Å². The van der Waals surface area contributed by atoms with E-state index in [1.165, 1.54) is 0 Å². The van der Waals surface area contributed by atoms with E-state index in [0.717, 1.165) is 12.1 Å². The van der Waals surface area contributed by atoms with Crippen molar-refractivity contribution in [3.8, 4) is 0 Å². The summed E-state index contributed by atoms with van der Waals surface area (Å²) < 4.78 is 20.4. The summed E-state index contributed by atoms with van der Waals surface area (Å²) in [6.45, 7) is 0.0511. The zero-order valence-electron chi connectivity index (χ0n) is 16.0. The third kappa shape index (κ3) is 8.23. The zero-order valence-corrected chi connectivity index (χ0v) is 19.6. The quantitative estimate of drug-likeness (QED) is 0.122. The van der Waals surface area contributed by atoms with Gasteiger partial charge in [0.2, 0.25) is 0 Å². The predicted octanol–water partition coefficient (Wildman–Crippen LogP) is 1.88. The van der Waals surface area contributed by atoms with E-state index in [4.69, 9.17) is 18.9 Å². The Morgan fingerprint density at radius 1 is 0.700 bits per heavy atom. The Bertz CT molecular complexity index is 728. The predicted molar refractivity (Wildman–Crippen MR) is 124 cm³/mol. The molecule has 1 aromatic rings. The van der Waals surface area contributed by atoms with Gasteiger partial charge in [-0.15, -0.1) is 0 Å². The van der Waals surface area contributed by atoms with Crippen molar-refractivity contribution in [3.05, 3.63) is 34.4 Å². The van der Waals surface area contributed by atoms with Gasteiger partial charge in [0.05, 0.1) is 23.3 Å². The molecule has 0 spiro atoms. The Hall–Kier alpha value is -1.05. The van der Waals surface area contributed by atoms with Gasteiger partial charge in [-0.3, -0.25) is 0 Å². The number of carbonyl (C=O) groups is 3. The van der Waals surface area contributed by atoms with E-state index in [0.29, 0.717) is 5.75 Å². The summed E-state index contributed by atoms with van der Waals surface area (Å²) in [6, 6.07) is 2.26. The van der Waals surface area contributed by atoms with Crippen molar-refractivity contribution in [2.75, 3.05) is 49.4 Å². The van der Waals surface area contributed by atoms with Crippen molar-refractivity contribution < 1.29 is 38.4 Å². The van der Waals surface area contributed by atoms with E-state index in [1.807, 2.05) is 0 Å². The van der Waals surface area contributed by atoms with Crippen LogP contribution in [0.3, 0.4) is 0 Å². The third-order valence-corrected chi connectivity index (χ3v) is 4.19. The highest BCUT2D eigenvalue weighted by molar-refractivity contribution is 7.80. The normalized spacial score (nSPS) is 11.6. The molecule has 8 nitrogen and oxygen atoms in total. The Morgan fingerprint density at radius 3 is 1.53 bits per heavy atom. The van der Waals surface area contributed by atoms with Crippen LogP contribution in [0.2, 0.25) is 0 Å². The summed E-state index contributed by atoms with van der Waals surface area (Å²) in [4.78, 5) is 37.5. The van der Waals surface area contributed by atoms with Crippen molar-refractivity contribution in [1.29, 1.82) is 0 Å². The maximum Gasteiger partial charge on any atom is 0.339 e. The van der Waals surface area contributed by atoms with Crippen LogP contribution in [0.1, 0.15) is 42.9 Å². The molecule has 0 amide bonds. The van der Waals surface area contributed by atoms with Crippen molar-refractivity contribution in [1.82, 2.24) is 0 Å². The Kier molecular flexibility index (Phi) is 13.4. The number of rotatable bonds is 13. The van der Waals surface area contributed by atoms with Crippen LogP contribution in [0.25, 0.3) is 0 Å². The molecule has 0 aliphatic heterocycles. The van der Waals surface area contributed by atoms with Gasteiger partial charge >= 0.3 is 17.9 Å². The molecule has 0 aliphatic rings. The number of thiol groups is 4. The number of esters is 3. The molecule has 30 heavy (non-hydrogen) atoms. The maximum atomic E-state index is 12.5. The smallest absolute Gasteiger partial charge is 0.339 e. The van der Waals surface area contributed by atoms with Crippen LogP contribution in [0.4, 0.5) is 0 Å². The van der Waals surface area contributed by atoms with E-state index >= 15 is 0 Å². The van der Waals surface area contributed by atoms with Crippen molar-refractivity contribution in [2.24, 2.45) is 0 Å². The first kappa shape index (κ1) is 27.0. The zero-order chi connectivity index (χ0) is 22.5. The second-order valence-electron chi connectivity index (χ2n) is 5.51.